The highest BCUT2D eigenvalue weighted by atomic mass is 79.9. The van der Waals surface area contributed by atoms with Gasteiger partial charge in [0.2, 0.25) is 10.0 Å². The van der Waals surface area contributed by atoms with Gasteiger partial charge in [-0.1, -0.05) is 15.9 Å². The Kier molecular flexibility index (Phi) is 4.99. The summed E-state index contributed by atoms with van der Waals surface area (Å²) < 4.78 is 28.4. The molecule has 0 aromatic heterocycles. The van der Waals surface area contributed by atoms with Crippen molar-refractivity contribution in [3.8, 4) is 0 Å². The lowest BCUT2D eigenvalue weighted by atomic mass is 10.1. The number of hydrogen-bond donors (Lipinski definition) is 2. The zero-order valence-corrected chi connectivity index (χ0v) is 14.4. The molecule has 0 saturated carbocycles. The van der Waals surface area contributed by atoms with E-state index in [0.29, 0.717) is 4.47 Å². The monoisotopic (exact) mass is 398 g/mol. The average molecular weight is 400 g/mol. The first-order valence-electron chi connectivity index (χ1n) is 5.29. The lowest BCUT2D eigenvalue weighted by molar-refractivity contribution is 0.462. The molecule has 102 valence electrons. The van der Waals surface area contributed by atoms with Gasteiger partial charge in [-0.25, -0.2) is 13.1 Å². The van der Waals surface area contributed by atoms with Crippen LogP contribution >= 0.6 is 31.9 Å². The number of aryl methyl sites for hydroxylation is 1. The summed E-state index contributed by atoms with van der Waals surface area (Å²) in [7, 11) is -3.61. The molecule has 0 radical (unpaired) electrons. The lowest BCUT2D eigenvalue weighted by Gasteiger charge is -2.24. The highest BCUT2D eigenvalue weighted by Gasteiger charge is 2.26. The summed E-state index contributed by atoms with van der Waals surface area (Å²) in [6.45, 7) is 5.59. The van der Waals surface area contributed by atoms with Crippen LogP contribution in [0.25, 0.3) is 0 Å². The van der Waals surface area contributed by atoms with E-state index in [1.165, 1.54) is 0 Å². The molecule has 0 unspecified atom stereocenters. The lowest BCUT2D eigenvalue weighted by Crippen LogP contribution is -2.48. The second kappa shape index (κ2) is 5.58. The smallest absolute Gasteiger partial charge is 0.242 e. The largest absolute Gasteiger partial charge is 0.329 e. The normalized spacial score (nSPS) is 12.8. The molecule has 1 rings (SSSR count). The number of halogens is 2. The van der Waals surface area contributed by atoms with Crippen LogP contribution < -0.4 is 10.5 Å². The number of sulfonamides is 1. The summed E-state index contributed by atoms with van der Waals surface area (Å²) in [6.07, 6.45) is 0. The van der Waals surface area contributed by atoms with Crippen LogP contribution in [0.15, 0.2) is 26.0 Å². The number of nitrogens with two attached hydrogens (primary N) is 1. The van der Waals surface area contributed by atoms with Gasteiger partial charge in [0, 0.05) is 21.0 Å². The van der Waals surface area contributed by atoms with E-state index in [-0.39, 0.29) is 11.4 Å². The fourth-order valence-corrected chi connectivity index (χ4v) is 4.40. The van der Waals surface area contributed by atoms with Crippen molar-refractivity contribution >= 4 is 41.9 Å². The topological polar surface area (TPSA) is 72.2 Å². The highest BCUT2D eigenvalue weighted by molar-refractivity contribution is 9.11. The Hall–Kier alpha value is 0.0500. The van der Waals surface area contributed by atoms with E-state index >= 15 is 0 Å². The maximum Gasteiger partial charge on any atom is 0.242 e. The van der Waals surface area contributed by atoms with Gasteiger partial charge in [-0.2, -0.15) is 0 Å². The number of benzene rings is 1. The first-order valence-corrected chi connectivity index (χ1v) is 8.36. The van der Waals surface area contributed by atoms with Gasteiger partial charge in [-0.3, -0.25) is 0 Å². The van der Waals surface area contributed by atoms with Gasteiger partial charge in [0.15, 0.2) is 0 Å². The molecule has 1 aromatic rings. The third-order valence-corrected chi connectivity index (χ3v) is 5.93. The Morgan fingerprint density at radius 3 is 2.33 bits per heavy atom. The van der Waals surface area contributed by atoms with Gasteiger partial charge >= 0.3 is 0 Å². The van der Waals surface area contributed by atoms with Crippen LogP contribution in [-0.2, 0) is 10.0 Å². The van der Waals surface area contributed by atoms with Crippen LogP contribution in [0, 0.1) is 6.92 Å². The van der Waals surface area contributed by atoms with E-state index < -0.39 is 15.6 Å². The summed E-state index contributed by atoms with van der Waals surface area (Å²) in [4.78, 5) is 0.196. The fraction of sp³-hybridized carbons (Fsp3) is 0.455. The predicted molar refractivity (Wildman–Crippen MR) is 80.0 cm³/mol. The minimum atomic E-state index is -3.61. The van der Waals surface area contributed by atoms with Crippen LogP contribution in [0.2, 0.25) is 0 Å². The highest BCUT2D eigenvalue weighted by Crippen LogP contribution is 2.29. The number of hydrogen-bond acceptors (Lipinski definition) is 3. The van der Waals surface area contributed by atoms with Gasteiger partial charge in [0.1, 0.15) is 0 Å². The second-order valence-corrected chi connectivity index (χ2v) is 8.08. The Morgan fingerprint density at radius 2 is 1.83 bits per heavy atom. The van der Waals surface area contributed by atoms with Crippen LogP contribution in [-0.4, -0.2) is 20.5 Å². The van der Waals surface area contributed by atoms with Crippen molar-refractivity contribution in [2.24, 2.45) is 5.73 Å². The maximum absolute atomic E-state index is 12.3. The first kappa shape index (κ1) is 16.1. The van der Waals surface area contributed by atoms with Gasteiger partial charge < -0.3 is 5.73 Å². The molecule has 3 N–H and O–H groups in total. The summed E-state index contributed by atoms with van der Waals surface area (Å²) in [5.41, 5.74) is 5.81. The molecule has 4 nitrogen and oxygen atoms in total. The van der Waals surface area contributed by atoms with Crippen molar-refractivity contribution in [3.63, 3.8) is 0 Å². The molecular formula is C11H16Br2N2O2S. The van der Waals surface area contributed by atoms with Crippen molar-refractivity contribution in [2.75, 3.05) is 6.54 Å². The zero-order valence-electron chi connectivity index (χ0n) is 10.4. The Balaban J connectivity index is 3.26. The Bertz CT molecular complexity index is 556. The molecule has 18 heavy (non-hydrogen) atoms. The van der Waals surface area contributed by atoms with Crippen molar-refractivity contribution in [2.45, 2.75) is 31.2 Å². The molecule has 0 amide bonds. The summed E-state index contributed by atoms with van der Waals surface area (Å²) in [5.74, 6) is 0. The summed E-state index contributed by atoms with van der Waals surface area (Å²) >= 11 is 6.61. The van der Waals surface area contributed by atoms with Crippen LogP contribution in [0.5, 0.6) is 0 Å². The quantitative estimate of drug-likeness (QED) is 0.816. The molecule has 0 bridgehead atoms. The standard InChI is InChI=1S/C11H16Br2N2O2S/c1-7-4-9(13)10(5-8(7)12)18(16,17)15-11(2,3)6-14/h4-5,15H,6,14H2,1-3H3. The molecule has 0 heterocycles. The van der Waals surface area contributed by atoms with Crippen molar-refractivity contribution in [1.29, 1.82) is 0 Å². The second-order valence-electron chi connectivity index (χ2n) is 4.73. The minimum absolute atomic E-state index is 0.196. The van der Waals surface area contributed by atoms with Crippen molar-refractivity contribution < 1.29 is 8.42 Å². The maximum atomic E-state index is 12.3. The van der Waals surface area contributed by atoms with Gasteiger partial charge in [-0.15, -0.1) is 0 Å². The van der Waals surface area contributed by atoms with Gasteiger partial charge in [0.05, 0.1) is 4.90 Å². The van der Waals surface area contributed by atoms with Crippen LogP contribution in [0.3, 0.4) is 0 Å². The van der Waals surface area contributed by atoms with E-state index in [4.69, 9.17) is 5.73 Å². The molecule has 7 heteroatoms. The van der Waals surface area contributed by atoms with Crippen molar-refractivity contribution in [1.82, 2.24) is 4.72 Å². The minimum Gasteiger partial charge on any atom is -0.329 e. The molecule has 0 saturated heterocycles. The molecule has 0 spiro atoms. The predicted octanol–water partition coefficient (Wildman–Crippen LogP) is 2.54. The van der Waals surface area contributed by atoms with E-state index in [1.807, 2.05) is 6.92 Å². The summed E-state index contributed by atoms with van der Waals surface area (Å²) in [6, 6.07) is 3.34. The van der Waals surface area contributed by atoms with E-state index in [1.54, 1.807) is 26.0 Å². The third-order valence-electron chi connectivity index (χ3n) is 2.42. The average Bonchev–Trinajstić information content (AvgIpc) is 2.21. The van der Waals surface area contributed by atoms with Crippen LogP contribution in [0.4, 0.5) is 0 Å². The molecule has 0 aliphatic carbocycles. The number of nitrogens with one attached hydrogen (secondary N) is 1. The molecule has 1 aromatic carbocycles. The Morgan fingerprint density at radius 1 is 1.28 bits per heavy atom. The molecule has 0 atom stereocenters. The van der Waals surface area contributed by atoms with E-state index in [9.17, 15) is 8.42 Å². The van der Waals surface area contributed by atoms with Gasteiger partial charge in [-0.05, 0) is 54.4 Å². The zero-order chi connectivity index (χ0) is 14.1. The van der Waals surface area contributed by atoms with Crippen molar-refractivity contribution in [3.05, 3.63) is 26.6 Å². The molecule has 0 fully saturated rings. The molecule has 0 aliphatic rings. The molecular weight excluding hydrogens is 384 g/mol. The van der Waals surface area contributed by atoms with E-state index in [2.05, 4.69) is 36.6 Å². The first-order chi connectivity index (χ1) is 8.09. The summed E-state index contributed by atoms with van der Waals surface area (Å²) in [5, 5.41) is 0. The Labute approximate surface area is 125 Å². The number of rotatable bonds is 4. The SMILES string of the molecule is Cc1cc(Br)c(S(=O)(=O)NC(C)(C)CN)cc1Br. The van der Waals surface area contributed by atoms with E-state index in [0.717, 1.165) is 10.0 Å². The van der Waals surface area contributed by atoms with Crippen LogP contribution in [0.1, 0.15) is 19.4 Å². The third kappa shape index (κ3) is 3.77. The fourth-order valence-electron chi connectivity index (χ4n) is 1.29. The molecule has 0 aliphatic heterocycles. The van der Waals surface area contributed by atoms with Gasteiger partial charge in [0.25, 0.3) is 0 Å².